The first kappa shape index (κ1) is 8.53. The number of para-hydroxylation sites is 1. The molecule has 3 N–H and O–H groups in total. The topological polar surface area (TPSA) is 44.3 Å². The summed E-state index contributed by atoms with van der Waals surface area (Å²) in [6.45, 7) is 2.11. The van der Waals surface area contributed by atoms with Gasteiger partial charge >= 0.3 is 0 Å². The molecule has 2 unspecified atom stereocenters. The molecular weight excluding hydrogens is 164 g/mol. The minimum Gasteiger partial charge on any atom is -0.382 e. The van der Waals surface area contributed by atoms with Gasteiger partial charge in [-0.25, -0.2) is 0 Å². The Kier molecular flexibility index (Phi) is 2.20. The van der Waals surface area contributed by atoms with Gasteiger partial charge in [-0.3, -0.25) is 0 Å². The van der Waals surface area contributed by atoms with Crippen molar-refractivity contribution in [2.45, 2.75) is 25.4 Å². The highest BCUT2D eigenvalue weighted by Gasteiger charge is 2.22. The van der Waals surface area contributed by atoms with E-state index in [2.05, 4.69) is 17.7 Å². The van der Waals surface area contributed by atoms with Crippen LogP contribution in [0.25, 0.3) is 0 Å². The lowest BCUT2D eigenvalue weighted by atomic mass is 9.94. The predicted molar refractivity (Wildman–Crippen MR) is 51.8 cm³/mol. The molecule has 2 rings (SSSR count). The summed E-state index contributed by atoms with van der Waals surface area (Å²) >= 11 is 0. The van der Waals surface area contributed by atoms with Crippen LogP contribution in [0.3, 0.4) is 0 Å². The molecule has 70 valence electrons. The van der Waals surface area contributed by atoms with Crippen molar-refractivity contribution in [2.75, 3.05) is 5.32 Å². The van der Waals surface area contributed by atoms with Gasteiger partial charge in [-0.15, -0.1) is 0 Å². The van der Waals surface area contributed by atoms with E-state index in [0.29, 0.717) is 6.04 Å². The van der Waals surface area contributed by atoms with Crippen molar-refractivity contribution in [3.63, 3.8) is 0 Å². The van der Waals surface area contributed by atoms with Crippen molar-refractivity contribution in [1.82, 2.24) is 5.48 Å². The third-order valence-corrected chi connectivity index (χ3v) is 2.48. The molecule has 1 heterocycles. The molecule has 0 spiro atoms. The van der Waals surface area contributed by atoms with E-state index < -0.39 is 0 Å². The summed E-state index contributed by atoms with van der Waals surface area (Å²) in [7, 11) is 0. The van der Waals surface area contributed by atoms with Crippen LogP contribution in [0.5, 0.6) is 0 Å². The Morgan fingerprint density at radius 1 is 1.46 bits per heavy atom. The van der Waals surface area contributed by atoms with Crippen molar-refractivity contribution in [2.24, 2.45) is 0 Å². The molecule has 1 aromatic rings. The molecule has 1 aromatic carbocycles. The van der Waals surface area contributed by atoms with Crippen LogP contribution < -0.4 is 10.8 Å². The quantitative estimate of drug-likeness (QED) is 0.575. The number of rotatable bonds is 1. The minimum atomic E-state index is 0.0625. The second-order valence-electron chi connectivity index (χ2n) is 3.55. The third-order valence-electron chi connectivity index (χ3n) is 2.48. The van der Waals surface area contributed by atoms with E-state index in [1.54, 1.807) is 0 Å². The first-order valence-electron chi connectivity index (χ1n) is 4.56. The van der Waals surface area contributed by atoms with Crippen LogP contribution in [0, 0.1) is 0 Å². The average molecular weight is 178 g/mol. The molecule has 1 aliphatic rings. The summed E-state index contributed by atoms with van der Waals surface area (Å²) in [6.07, 6.45) is 0.910. The highest BCUT2D eigenvalue weighted by atomic mass is 16.5. The van der Waals surface area contributed by atoms with Crippen molar-refractivity contribution in [1.29, 1.82) is 0 Å². The predicted octanol–water partition coefficient (Wildman–Crippen LogP) is 1.91. The smallest absolute Gasteiger partial charge is 0.0608 e. The second kappa shape index (κ2) is 3.36. The minimum absolute atomic E-state index is 0.0625. The maximum Gasteiger partial charge on any atom is 0.0608 e. The number of fused-ring (bicyclic) bond motifs is 1. The van der Waals surface area contributed by atoms with E-state index in [0.717, 1.165) is 17.7 Å². The van der Waals surface area contributed by atoms with E-state index in [9.17, 15) is 0 Å². The Morgan fingerprint density at radius 3 is 3.00 bits per heavy atom. The number of hydrogen-bond acceptors (Lipinski definition) is 3. The summed E-state index contributed by atoms with van der Waals surface area (Å²) in [5.74, 6) is 0. The number of hydroxylamine groups is 1. The summed E-state index contributed by atoms with van der Waals surface area (Å²) in [4.78, 5) is 0. The second-order valence-corrected chi connectivity index (χ2v) is 3.55. The van der Waals surface area contributed by atoms with Gasteiger partial charge in [-0.1, -0.05) is 18.2 Å². The molecule has 0 aromatic heterocycles. The van der Waals surface area contributed by atoms with Crippen LogP contribution in [-0.2, 0) is 0 Å². The normalized spacial score (nSPS) is 26.3. The largest absolute Gasteiger partial charge is 0.382 e. The molecule has 0 bridgehead atoms. The van der Waals surface area contributed by atoms with Gasteiger partial charge in [0.2, 0.25) is 0 Å². The molecule has 1 aliphatic heterocycles. The lowest BCUT2D eigenvalue weighted by Crippen LogP contribution is -2.31. The number of hydrogen-bond donors (Lipinski definition) is 3. The molecule has 0 saturated heterocycles. The van der Waals surface area contributed by atoms with Crippen molar-refractivity contribution in [3.8, 4) is 0 Å². The van der Waals surface area contributed by atoms with Crippen molar-refractivity contribution in [3.05, 3.63) is 29.8 Å². The lowest BCUT2D eigenvalue weighted by molar-refractivity contribution is 0.118. The van der Waals surface area contributed by atoms with Gasteiger partial charge < -0.3 is 10.5 Å². The van der Waals surface area contributed by atoms with Crippen LogP contribution >= 0.6 is 0 Å². The molecule has 0 radical (unpaired) electrons. The Bertz CT molecular complexity index is 301. The highest BCUT2D eigenvalue weighted by Crippen LogP contribution is 2.31. The van der Waals surface area contributed by atoms with Crippen LogP contribution in [0.4, 0.5) is 5.69 Å². The number of nitrogens with one attached hydrogen (secondary N) is 2. The fraction of sp³-hybridized carbons (Fsp3) is 0.400. The number of anilines is 1. The van der Waals surface area contributed by atoms with Gasteiger partial charge in [-0.2, -0.15) is 5.48 Å². The maximum absolute atomic E-state index is 8.98. The Balaban J connectivity index is 2.37. The van der Waals surface area contributed by atoms with Gasteiger partial charge in [0, 0.05) is 11.7 Å². The SMILES string of the molecule is CC1CC(NO)c2ccccc2N1. The zero-order chi connectivity index (χ0) is 9.26. The molecule has 0 fully saturated rings. The molecular formula is C10H14N2O. The van der Waals surface area contributed by atoms with E-state index >= 15 is 0 Å². The van der Waals surface area contributed by atoms with Gasteiger partial charge in [0.1, 0.15) is 0 Å². The van der Waals surface area contributed by atoms with E-state index in [4.69, 9.17) is 5.21 Å². The van der Waals surface area contributed by atoms with Gasteiger partial charge in [0.15, 0.2) is 0 Å². The van der Waals surface area contributed by atoms with Crippen molar-refractivity contribution < 1.29 is 5.21 Å². The highest BCUT2D eigenvalue weighted by molar-refractivity contribution is 5.55. The molecule has 0 saturated carbocycles. The van der Waals surface area contributed by atoms with E-state index in [1.165, 1.54) is 0 Å². The summed E-state index contributed by atoms with van der Waals surface area (Å²) in [5.41, 5.74) is 4.61. The fourth-order valence-electron chi connectivity index (χ4n) is 1.86. The molecule has 2 atom stereocenters. The molecule has 13 heavy (non-hydrogen) atoms. The summed E-state index contributed by atoms with van der Waals surface area (Å²) < 4.78 is 0. The molecule has 0 aliphatic carbocycles. The van der Waals surface area contributed by atoms with Gasteiger partial charge in [-0.05, 0) is 25.0 Å². The summed E-state index contributed by atoms with van der Waals surface area (Å²) in [5, 5.41) is 12.4. The lowest BCUT2D eigenvalue weighted by Gasteiger charge is -2.30. The first-order valence-corrected chi connectivity index (χ1v) is 4.56. The average Bonchev–Trinajstić information content (AvgIpc) is 2.16. The first-order chi connectivity index (χ1) is 6.31. The van der Waals surface area contributed by atoms with Crippen molar-refractivity contribution >= 4 is 5.69 Å². The van der Waals surface area contributed by atoms with Crippen LogP contribution in [0.1, 0.15) is 24.9 Å². The van der Waals surface area contributed by atoms with Crippen LogP contribution in [0.15, 0.2) is 24.3 Å². The Morgan fingerprint density at radius 2 is 2.23 bits per heavy atom. The molecule has 3 nitrogen and oxygen atoms in total. The Hall–Kier alpha value is -1.06. The monoisotopic (exact) mass is 178 g/mol. The third kappa shape index (κ3) is 1.53. The van der Waals surface area contributed by atoms with Gasteiger partial charge in [0.25, 0.3) is 0 Å². The maximum atomic E-state index is 8.98. The summed E-state index contributed by atoms with van der Waals surface area (Å²) in [6, 6.07) is 8.52. The van der Waals surface area contributed by atoms with Crippen LogP contribution in [-0.4, -0.2) is 11.2 Å². The van der Waals surface area contributed by atoms with Gasteiger partial charge in [0.05, 0.1) is 6.04 Å². The molecule has 3 heteroatoms. The molecule has 0 amide bonds. The van der Waals surface area contributed by atoms with E-state index in [1.807, 2.05) is 24.3 Å². The fourth-order valence-corrected chi connectivity index (χ4v) is 1.86. The number of benzene rings is 1. The van der Waals surface area contributed by atoms with Crippen LogP contribution in [0.2, 0.25) is 0 Å². The standard InChI is InChI=1S/C10H14N2O/c1-7-6-10(12-13)8-4-2-3-5-9(8)11-7/h2-5,7,10-13H,6H2,1H3. The zero-order valence-electron chi connectivity index (χ0n) is 7.62. The Labute approximate surface area is 77.7 Å². The van der Waals surface area contributed by atoms with E-state index in [-0.39, 0.29) is 6.04 Å². The zero-order valence-corrected chi connectivity index (χ0v) is 7.62.